The molecule has 13 rings (SSSR count). The van der Waals surface area contributed by atoms with Crippen LogP contribution in [0.15, 0.2) is 221 Å². The van der Waals surface area contributed by atoms with E-state index in [1.807, 2.05) is 0 Å². The monoisotopic (exact) mass is 794 g/mol. The largest absolute Gasteiger partial charge is 0.456 e. The van der Waals surface area contributed by atoms with Crippen LogP contribution in [0.1, 0.15) is 0 Å². The molecule has 0 aliphatic heterocycles. The summed E-state index contributed by atoms with van der Waals surface area (Å²) in [6, 6.07) is 77.1. The highest BCUT2D eigenvalue weighted by molar-refractivity contribution is 7.80. The van der Waals surface area contributed by atoms with Crippen LogP contribution in [-0.2, 0) is 0 Å². The van der Waals surface area contributed by atoms with Crippen LogP contribution in [0.2, 0.25) is 0 Å². The van der Waals surface area contributed by atoms with Crippen molar-refractivity contribution in [2.24, 2.45) is 0 Å². The number of hydrogen-bond acceptors (Lipinski definition) is 2. The van der Waals surface area contributed by atoms with Crippen molar-refractivity contribution in [3.05, 3.63) is 212 Å². The van der Waals surface area contributed by atoms with Crippen LogP contribution >= 0.6 is 7.92 Å². The maximum absolute atomic E-state index is 7.01. The summed E-state index contributed by atoms with van der Waals surface area (Å²) >= 11 is 0. The Morgan fingerprint density at radius 2 is 0.574 bits per heavy atom. The zero-order valence-electron chi connectivity index (χ0n) is 33.0. The lowest BCUT2D eigenvalue weighted by atomic mass is 9.94. The normalized spacial score (nSPS) is 12.1. The molecule has 61 heavy (non-hydrogen) atoms. The summed E-state index contributed by atoms with van der Waals surface area (Å²) in [6.07, 6.45) is 0. The Balaban J connectivity index is 1.10. The van der Waals surface area contributed by atoms with E-state index in [9.17, 15) is 0 Å². The molecule has 2 heterocycles. The van der Waals surface area contributed by atoms with Crippen LogP contribution < -0.4 is 15.9 Å². The molecule has 0 fully saturated rings. The maximum atomic E-state index is 7.01. The van der Waals surface area contributed by atoms with Crippen molar-refractivity contribution >= 4 is 111 Å². The van der Waals surface area contributed by atoms with Gasteiger partial charge in [-0.05, 0) is 126 Å². The van der Waals surface area contributed by atoms with Gasteiger partial charge < -0.3 is 8.83 Å². The van der Waals surface area contributed by atoms with E-state index >= 15 is 0 Å². The lowest BCUT2D eigenvalue weighted by molar-refractivity contribution is 0.664. The van der Waals surface area contributed by atoms with Crippen LogP contribution in [0.5, 0.6) is 0 Å². The standard InChI is InChI=1S/C58H35O2P/c1-4-14-36(15-5-1)39-28-30-49-55-41(39)20-10-22-43(55)45-24-12-26-47-53(34-32-51(59-49)57(45)47)61(38-18-8-3-9-19-38)54-35-33-52-58-46(25-13-27-48(54)58)44-23-11-21-42-40(37-16-6-2-7-17-37)29-31-50(60-52)56(42)44/h1-35H. The first kappa shape index (κ1) is 34.4. The molecule has 2 aromatic heterocycles. The lowest BCUT2D eigenvalue weighted by Gasteiger charge is -2.23. The fourth-order valence-electron chi connectivity index (χ4n) is 10.1. The minimum Gasteiger partial charge on any atom is -0.456 e. The van der Waals surface area contributed by atoms with Gasteiger partial charge in [0, 0.05) is 21.5 Å². The molecule has 0 aliphatic carbocycles. The molecular weight excluding hydrogens is 760 g/mol. The van der Waals surface area contributed by atoms with E-state index in [4.69, 9.17) is 8.83 Å². The van der Waals surface area contributed by atoms with Gasteiger partial charge in [-0.3, -0.25) is 0 Å². The molecule has 0 spiro atoms. The van der Waals surface area contributed by atoms with Gasteiger partial charge in [0.1, 0.15) is 22.3 Å². The smallest absolute Gasteiger partial charge is 0.135 e. The van der Waals surface area contributed by atoms with E-state index in [0.717, 1.165) is 43.9 Å². The van der Waals surface area contributed by atoms with Crippen LogP contribution in [-0.4, -0.2) is 0 Å². The fraction of sp³-hybridized carbons (Fsp3) is 0. The maximum Gasteiger partial charge on any atom is 0.135 e. The Labute approximate surface area is 352 Å². The predicted molar refractivity (Wildman–Crippen MR) is 261 cm³/mol. The van der Waals surface area contributed by atoms with Gasteiger partial charge >= 0.3 is 0 Å². The van der Waals surface area contributed by atoms with Crippen LogP contribution in [0.25, 0.3) is 109 Å². The van der Waals surface area contributed by atoms with Gasteiger partial charge in [0.25, 0.3) is 0 Å². The first-order chi connectivity index (χ1) is 30.3. The molecule has 2 nitrogen and oxygen atoms in total. The molecule has 0 atom stereocenters. The Bertz CT molecular complexity index is 3630. The highest BCUT2D eigenvalue weighted by Gasteiger charge is 2.25. The van der Waals surface area contributed by atoms with E-state index in [2.05, 4.69) is 212 Å². The molecule has 0 N–H and O–H groups in total. The van der Waals surface area contributed by atoms with Crippen LogP contribution in [0, 0.1) is 0 Å². The van der Waals surface area contributed by atoms with E-state index in [1.165, 1.54) is 81.3 Å². The minimum atomic E-state index is -1.06. The molecule has 0 radical (unpaired) electrons. The predicted octanol–water partition coefficient (Wildman–Crippen LogP) is 15.2. The van der Waals surface area contributed by atoms with Gasteiger partial charge in [0.2, 0.25) is 0 Å². The van der Waals surface area contributed by atoms with E-state index < -0.39 is 7.92 Å². The summed E-state index contributed by atoms with van der Waals surface area (Å²) in [5.74, 6) is 0. The summed E-state index contributed by atoms with van der Waals surface area (Å²) in [7, 11) is -1.06. The Hall–Kier alpha value is -7.51. The van der Waals surface area contributed by atoms with E-state index in [-0.39, 0.29) is 0 Å². The van der Waals surface area contributed by atoms with Crippen molar-refractivity contribution in [2.45, 2.75) is 0 Å². The van der Waals surface area contributed by atoms with Gasteiger partial charge in [0.05, 0.1) is 0 Å². The molecule has 0 amide bonds. The zero-order chi connectivity index (χ0) is 40.0. The molecule has 0 unspecified atom stereocenters. The third-order valence-corrected chi connectivity index (χ3v) is 15.2. The molecular formula is C58H35O2P. The average molecular weight is 795 g/mol. The Morgan fingerprint density at radius 3 is 0.984 bits per heavy atom. The highest BCUT2D eigenvalue weighted by Crippen LogP contribution is 2.46. The fourth-order valence-corrected chi connectivity index (χ4v) is 12.6. The minimum absolute atomic E-state index is 0.879. The summed E-state index contributed by atoms with van der Waals surface area (Å²) in [5, 5.41) is 18.0. The Kier molecular flexibility index (Phi) is 7.61. The molecule has 3 heteroatoms. The van der Waals surface area contributed by atoms with Crippen LogP contribution in [0.3, 0.4) is 0 Å². The van der Waals surface area contributed by atoms with Gasteiger partial charge in [-0.1, -0.05) is 176 Å². The molecule has 0 saturated heterocycles. The summed E-state index contributed by atoms with van der Waals surface area (Å²) < 4.78 is 14.0. The van der Waals surface area contributed by atoms with Gasteiger partial charge in [-0.25, -0.2) is 0 Å². The van der Waals surface area contributed by atoms with Crippen molar-refractivity contribution in [1.82, 2.24) is 0 Å². The third kappa shape index (κ3) is 5.20. The average Bonchev–Trinajstić information content (AvgIpc) is 3.56. The van der Waals surface area contributed by atoms with Crippen molar-refractivity contribution in [1.29, 1.82) is 0 Å². The summed E-state index contributed by atoms with van der Waals surface area (Å²) in [4.78, 5) is 0. The zero-order valence-corrected chi connectivity index (χ0v) is 33.9. The van der Waals surface area contributed by atoms with E-state index in [1.54, 1.807) is 0 Å². The lowest BCUT2D eigenvalue weighted by Crippen LogP contribution is -2.22. The molecule has 0 bridgehead atoms. The molecule has 13 aromatic rings. The van der Waals surface area contributed by atoms with Crippen molar-refractivity contribution in [2.75, 3.05) is 0 Å². The summed E-state index contributed by atoms with van der Waals surface area (Å²) in [6.45, 7) is 0. The molecule has 11 aromatic carbocycles. The number of rotatable bonds is 5. The van der Waals surface area contributed by atoms with Gasteiger partial charge in [-0.2, -0.15) is 0 Å². The van der Waals surface area contributed by atoms with E-state index in [0.29, 0.717) is 0 Å². The quantitative estimate of drug-likeness (QED) is 0.162. The Morgan fingerprint density at radius 1 is 0.246 bits per heavy atom. The second-order valence-corrected chi connectivity index (χ2v) is 18.1. The topological polar surface area (TPSA) is 26.3 Å². The first-order valence-corrected chi connectivity index (χ1v) is 22.2. The van der Waals surface area contributed by atoms with Crippen LogP contribution in [0.4, 0.5) is 0 Å². The van der Waals surface area contributed by atoms with Crippen molar-refractivity contribution < 1.29 is 8.83 Å². The third-order valence-electron chi connectivity index (χ3n) is 12.6. The number of hydrogen-bond donors (Lipinski definition) is 0. The van der Waals surface area contributed by atoms with Crippen molar-refractivity contribution in [3.8, 4) is 22.3 Å². The van der Waals surface area contributed by atoms with Crippen molar-refractivity contribution in [3.63, 3.8) is 0 Å². The second-order valence-electron chi connectivity index (χ2n) is 15.9. The SMILES string of the molecule is c1ccc(-c2ccc3oc4ccc(P(c5ccccc5)c5ccc6oc7ccc(-c8ccccc8)c8cccc(c9cccc5c69)c78)c5cccc(c6cccc2c36)c45)cc1. The number of benzene rings is 11. The highest BCUT2D eigenvalue weighted by atomic mass is 31.1. The van der Waals surface area contributed by atoms with Gasteiger partial charge in [-0.15, -0.1) is 0 Å². The molecule has 0 saturated carbocycles. The molecule has 0 aliphatic rings. The first-order valence-electron chi connectivity index (χ1n) is 20.8. The second kappa shape index (κ2) is 13.5. The summed E-state index contributed by atoms with van der Waals surface area (Å²) in [5.41, 5.74) is 8.32. The van der Waals surface area contributed by atoms with Gasteiger partial charge in [0.15, 0.2) is 0 Å². The molecule has 284 valence electrons. The number of fused-ring (bicyclic) bond motifs is 2.